The summed E-state index contributed by atoms with van der Waals surface area (Å²) < 4.78 is 20.5. The predicted molar refractivity (Wildman–Crippen MR) is 230 cm³/mol. The molecule has 0 unspecified atom stereocenters. The molecule has 16 nitrogen and oxygen atoms in total. The maximum atomic E-state index is 12.1. The number of methoxy groups -OCH3 is 1. The highest BCUT2D eigenvalue weighted by molar-refractivity contribution is 5.84. The minimum Gasteiger partial charge on any atom is -0.481 e. The van der Waals surface area contributed by atoms with Crippen molar-refractivity contribution >= 4 is 41.2 Å². The molecule has 0 heterocycles. The third-order valence-electron chi connectivity index (χ3n) is 9.24. The first kappa shape index (κ1) is 58.6. The van der Waals surface area contributed by atoms with Gasteiger partial charge < -0.3 is 45.1 Å². The predicted octanol–water partition coefficient (Wildman–Crippen LogP) is 6.10. The van der Waals surface area contributed by atoms with Crippen LogP contribution in [0.2, 0.25) is 0 Å². The first-order chi connectivity index (χ1) is 29.0. The Morgan fingerprint density at radius 2 is 1.02 bits per heavy atom. The van der Waals surface area contributed by atoms with E-state index >= 15 is 0 Å². The molecular weight excluding hydrogens is 778 g/mol. The molecule has 0 bridgehead atoms. The Labute approximate surface area is 359 Å². The SMILES string of the molecule is CCC(=O)NCCCCCC(=O)COCCOCCNC(=O)COC.CCCOCCCC(=O)CC[C@H](NC(=O)CCCCCCCCCCCCCCC(=O)O)C(=O)O. The second-order valence-electron chi connectivity index (χ2n) is 14.9. The van der Waals surface area contributed by atoms with Gasteiger partial charge in [0.1, 0.15) is 25.0 Å². The van der Waals surface area contributed by atoms with Crippen molar-refractivity contribution in [2.75, 3.05) is 66.4 Å². The van der Waals surface area contributed by atoms with Crippen molar-refractivity contribution in [3.8, 4) is 0 Å². The smallest absolute Gasteiger partial charge is 0.326 e. The highest BCUT2D eigenvalue weighted by atomic mass is 16.5. The van der Waals surface area contributed by atoms with E-state index in [1.165, 1.54) is 39.2 Å². The number of Topliss-reactive ketones (excluding diaryl/α,β-unsaturated/α-hetero) is 2. The molecule has 0 rings (SSSR count). The fourth-order valence-corrected chi connectivity index (χ4v) is 5.80. The van der Waals surface area contributed by atoms with Crippen LogP contribution in [0, 0.1) is 0 Å². The molecule has 0 saturated heterocycles. The molecule has 0 aliphatic heterocycles. The largest absolute Gasteiger partial charge is 0.481 e. The molecule has 5 N–H and O–H groups in total. The van der Waals surface area contributed by atoms with Gasteiger partial charge in [0.2, 0.25) is 17.7 Å². The molecule has 0 aromatic rings. The second-order valence-corrected chi connectivity index (χ2v) is 14.9. The van der Waals surface area contributed by atoms with Gasteiger partial charge in [-0.15, -0.1) is 0 Å². The Balaban J connectivity index is 0. The summed E-state index contributed by atoms with van der Waals surface area (Å²) in [7, 11) is 1.46. The fourth-order valence-electron chi connectivity index (χ4n) is 5.80. The number of carboxylic acid groups (broad SMARTS) is 2. The Kier molecular flexibility index (Phi) is 44.0. The number of rotatable bonds is 43. The molecule has 0 radical (unpaired) electrons. The molecule has 1 atom stereocenters. The number of ether oxygens (including phenoxy) is 4. The zero-order chi connectivity index (χ0) is 44.9. The third-order valence-corrected chi connectivity index (χ3v) is 9.24. The van der Waals surface area contributed by atoms with Crippen LogP contribution >= 0.6 is 0 Å². The Hall–Kier alpha value is -3.47. The lowest BCUT2D eigenvalue weighted by molar-refractivity contribution is -0.142. The summed E-state index contributed by atoms with van der Waals surface area (Å²) in [6.07, 6.45) is 19.2. The summed E-state index contributed by atoms with van der Waals surface area (Å²) >= 11 is 0. The topological polar surface area (TPSA) is 233 Å². The lowest BCUT2D eigenvalue weighted by atomic mass is 10.0. The quantitative estimate of drug-likeness (QED) is 0.0437. The maximum Gasteiger partial charge on any atom is 0.326 e. The van der Waals surface area contributed by atoms with Crippen LogP contribution in [0.4, 0.5) is 0 Å². The van der Waals surface area contributed by atoms with Gasteiger partial charge in [0.25, 0.3) is 0 Å². The van der Waals surface area contributed by atoms with Crippen molar-refractivity contribution < 1.29 is 62.7 Å². The zero-order valence-corrected chi connectivity index (χ0v) is 37.3. The Morgan fingerprint density at radius 3 is 1.60 bits per heavy atom. The second kappa shape index (κ2) is 45.1. The lowest BCUT2D eigenvalue weighted by Crippen LogP contribution is -2.41. The number of aliphatic carboxylic acids is 2. The maximum absolute atomic E-state index is 12.1. The minimum atomic E-state index is -1.10. The normalized spacial score (nSPS) is 11.2. The van der Waals surface area contributed by atoms with Gasteiger partial charge in [0.05, 0.1) is 19.8 Å². The van der Waals surface area contributed by atoms with Crippen LogP contribution in [0.3, 0.4) is 0 Å². The van der Waals surface area contributed by atoms with Gasteiger partial charge >= 0.3 is 11.9 Å². The molecule has 3 amide bonds. The van der Waals surface area contributed by atoms with E-state index in [1.54, 1.807) is 0 Å². The molecule has 0 fully saturated rings. The van der Waals surface area contributed by atoms with Crippen molar-refractivity contribution in [1.82, 2.24) is 16.0 Å². The number of carbonyl (C=O) groups excluding carboxylic acids is 5. The van der Waals surface area contributed by atoms with E-state index in [1.807, 2.05) is 13.8 Å². The van der Waals surface area contributed by atoms with E-state index < -0.39 is 18.0 Å². The molecule has 0 spiro atoms. The van der Waals surface area contributed by atoms with Crippen LogP contribution in [-0.4, -0.2) is 124 Å². The van der Waals surface area contributed by atoms with Gasteiger partial charge in [0, 0.05) is 71.9 Å². The summed E-state index contributed by atoms with van der Waals surface area (Å²) in [5, 5.41) is 25.9. The zero-order valence-electron chi connectivity index (χ0n) is 37.3. The van der Waals surface area contributed by atoms with Crippen LogP contribution in [0.15, 0.2) is 0 Å². The number of carbonyl (C=O) groups is 7. The lowest BCUT2D eigenvalue weighted by Gasteiger charge is -2.14. The van der Waals surface area contributed by atoms with Crippen molar-refractivity contribution in [1.29, 1.82) is 0 Å². The number of unbranched alkanes of at least 4 members (excludes halogenated alkanes) is 13. The summed E-state index contributed by atoms with van der Waals surface area (Å²) in [6, 6.07) is -1.01. The highest BCUT2D eigenvalue weighted by Gasteiger charge is 2.20. The number of hydrogen-bond acceptors (Lipinski definition) is 11. The average Bonchev–Trinajstić information content (AvgIpc) is 3.21. The van der Waals surface area contributed by atoms with E-state index in [4.69, 9.17) is 19.3 Å². The van der Waals surface area contributed by atoms with Gasteiger partial charge in [-0.05, 0) is 44.9 Å². The average molecular weight is 860 g/mol. The molecule has 0 aromatic carbocycles. The minimum absolute atomic E-state index is 0.00124. The molecule has 0 aliphatic carbocycles. The van der Waals surface area contributed by atoms with E-state index in [0.29, 0.717) is 78.2 Å². The van der Waals surface area contributed by atoms with E-state index in [-0.39, 0.29) is 61.8 Å². The number of amides is 3. The number of carboxylic acids is 2. The summed E-state index contributed by atoms with van der Waals surface area (Å²) in [5.74, 6) is -2.12. The monoisotopic (exact) mass is 860 g/mol. The van der Waals surface area contributed by atoms with Crippen LogP contribution in [0.25, 0.3) is 0 Å². The molecule has 0 saturated carbocycles. The third kappa shape index (κ3) is 45.6. The van der Waals surface area contributed by atoms with Crippen LogP contribution in [-0.2, 0) is 52.5 Å². The molecule has 16 heteroatoms. The van der Waals surface area contributed by atoms with Gasteiger partial charge in [-0.2, -0.15) is 0 Å². The first-order valence-corrected chi connectivity index (χ1v) is 22.5. The van der Waals surface area contributed by atoms with Gasteiger partial charge in [0.15, 0.2) is 5.78 Å². The summed E-state index contributed by atoms with van der Waals surface area (Å²) in [5.41, 5.74) is 0. The number of hydrogen-bond donors (Lipinski definition) is 5. The first-order valence-electron chi connectivity index (χ1n) is 22.5. The molecule has 60 heavy (non-hydrogen) atoms. The molecular formula is C44H81N3O13. The number of nitrogens with one attached hydrogen (secondary N) is 3. The van der Waals surface area contributed by atoms with Crippen molar-refractivity contribution in [2.24, 2.45) is 0 Å². The van der Waals surface area contributed by atoms with Crippen LogP contribution < -0.4 is 16.0 Å². The summed E-state index contributed by atoms with van der Waals surface area (Å²) in [4.78, 5) is 79.6. The number of ketones is 2. The fraction of sp³-hybridized carbons (Fsp3) is 0.841. The molecule has 350 valence electrons. The van der Waals surface area contributed by atoms with Crippen molar-refractivity contribution in [3.63, 3.8) is 0 Å². The van der Waals surface area contributed by atoms with Crippen molar-refractivity contribution in [2.45, 2.75) is 174 Å². The van der Waals surface area contributed by atoms with E-state index in [2.05, 4.69) is 20.7 Å². The highest BCUT2D eigenvalue weighted by Crippen LogP contribution is 2.13. The Morgan fingerprint density at radius 1 is 0.483 bits per heavy atom. The van der Waals surface area contributed by atoms with Gasteiger partial charge in [-0.25, -0.2) is 4.79 Å². The van der Waals surface area contributed by atoms with E-state index in [0.717, 1.165) is 70.6 Å². The van der Waals surface area contributed by atoms with Gasteiger partial charge in [-0.1, -0.05) is 84.5 Å². The molecule has 0 aromatic heterocycles. The van der Waals surface area contributed by atoms with E-state index in [9.17, 15) is 38.7 Å². The van der Waals surface area contributed by atoms with Gasteiger partial charge in [-0.3, -0.25) is 28.8 Å². The standard InChI is InChI=1S/C27H49NO7.C17H32N2O6/c1-2-21-35-22-15-16-23(29)19-20-24(27(33)34)28-25(30)17-13-11-9-7-5-3-4-6-8-10-12-14-18-26(31)32;1-3-16(21)18-8-6-4-5-7-15(20)13-25-12-11-24-10-9-19-17(22)14-23-2/h24H,2-22H2,1H3,(H,28,30)(H,31,32)(H,33,34);3-14H2,1-2H3,(H,18,21)(H,19,22)/t24-;/m0./s1. The van der Waals surface area contributed by atoms with Crippen LogP contribution in [0.1, 0.15) is 168 Å². The van der Waals surface area contributed by atoms with Crippen molar-refractivity contribution in [3.05, 3.63) is 0 Å². The molecule has 0 aliphatic rings. The van der Waals surface area contributed by atoms with Crippen LogP contribution in [0.5, 0.6) is 0 Å². The Bertz CT molecular complexity index is 1120. The summed E-state index contributed by atoms with van der Waals surface area (Å²) in [6.45, 7) is 7.40.